The zero-order valence-electron chi connectivity index (χ0n) is 15.7. The maximum atomic E-state index is 12.7. The third kappa shape index (κ3) is 3.79. The minimum atomic E-state index is -0.346. The molecule has 1 saturated carbocycles. The summed E-state index contributed by atoms with van der Waals surface area (Å²) >= 11 is 0. The van der Waals surface area contributed by atoms with Gasteiger partial charge in [0.15, 0.2) is 0 Å². The van der Waals surface area contributed by atoms with E-state index in [0.29, 0.717) is 35.8 Å². The number of rotatable bonds is 5. The van der Waals surface area contributed by atoms with Crippen LogP contribution in [0.15, 0.2) is 18.2 Å². The molecule has 152 valence electrons. The molecule has 2 aliphatic heterocycles. The van der Waals surface area contributed by atoms with Crippen molar-refractivity contribution < 1.29 is 19.1 Å². The molecular formula is C20H26ClN3O4. The van der Waals surface area contributed by atoms with Gasteiger partial charge in [-0.1, -0.05) is 6.42 Å². The molecule has 8 heteroatoms. The fourth-order valence-electron chi connectivity index (χ4n) is 4.35. The van der Waals surface area contributed by atoms with Gasteiger partial charge in [-0.25, -0.2) is 0 Å². The number of benzene rings is 1. The van der Waals surface area contributed by atoms with E-state index in [9.17, 15) is 14.4 Å². The van der Waals surface area contributed by atoms with Crippen LogP contribution in [0.3, 0.4) is 0 Å². The van der Waals surface area contributed by atoms with Crippen molar-refractivity contribution in [3.05, 3.63) is 34.9 Å². The zero-order valence-corrected chi connectivity index (χ0v) is 16.5. The van der Waals surface area contributed by atoms with Crippen molar-refractivity contribution in [2.24, 2.45) is 11.7 Å². The third-order valence-electron chi connectivity index (χ3n) is 5.92. The molecule has 3 amide bonds. The molecule has 3 atom stereocenters. The highest BCUT2D eigenvalue weighted by Gasteiger charge is 2.38. The molecule has 7 nitrogen and oxygen atoms in total. The summed E-state index contributed by atoms with van der Waals surface area (Å²) in [6, 6.07) is 4.80. The summed E-state index contributed by atoms with van der Waals surface area (Å²) < 4.78 is 5.55. The average molecular weight is 408 g/mol. The van der Waals surface area contributed by atoms with E-state index < -0.39 is 0 Å². The first-order chi connectivity index (χ1) is 13.1. The van der Waals surface area contributed by atoms with E-state index in [1.54, 1.807) is 12.1 Å². The van der Waals surface area contributed by atoms with E-state index in [0.717, 1.165) is 32.1 Å². The van der Waals surface area contributed by atoms with Crippen molar-refractivity contribution in [2.75, 3.05) is 19.7 Å². The molecule has 0 radical (unpaired) electrons. The average Bonchev–Trinajstić information content (AvgIpc) is 3.39. The second-order valence-electron chi connectivity index (χ2n) is 7.62. The molecule has 2 fully saturated rings. The topological polar surface area (TPSA) is 102 Å². The number of amides is 3. The Hall–Kier alpha value is -1.96. The summed E-state index contributed by atoms with van der Waals surface area (Å²) in [4.78, 5) is 39.2. The largest absolute Gasteiger partial charge is 0.376 e. The lowest BCUT2D eigenvalue weighted by atomic mass is 10.0. The minimum Gasteiger partial charge on any atom is -0.376 e. The number of nitrogens with two attached hydrogens (primary N) is 1. The van der Waals surface area contributed by atoms with Gasteiger partial charge in [0.2, 0.25) is 0 Å². The van der Waals surface area contributed by atoms with Gasteiger partial charge in [-0.2, -0.15) is 0 Å². The summed E-state index contributed by atoms with van der Waals surface area (Å²) in [5.41, 5.74) is 6.83. The maximum absolute atomic E-state index is 12.7. The summed E-state index contributed by atoms with van der Waals surface area (Å²) in [7, 11) is 0. The number of fused-ring (bicyclic) bond motifs is 1. The molecule has 1 aliphatic carbocycles. The van der Waals surface area contributed by atoms with Crippen LogP contribution in [0.2, 0.25) is 0 Å². The van der Waals surface area contributed by atoms with Crippen molar-refractivity contribution in [1.82, 2.24) is 10.2 Å². The molecule has 3 unspecified atom stereocenters. The first-order valence-electron chi connectivity index (χ1n) is 9.71. The Morgan fingerprint density at radius 3 is 2.64 bits per heavy atom. The van der Waals surface area contributed by atoms with Crippen LogP contribution in [0.25, 0.3) is 0 Å². The Morgan fingerprint density at radius 1 is 1.14 bits per heavy atom. The van der Waals surface area contributed by atoms with Crippen molar-refractivity contribution in [3.8, 4) is 0 Å². The molecule has 4 rings (SSSR count). The van der Waals surface area contributed by atoms with Crippen molar-refractivity contribution in [2.45, 2.75) is 44.2 Å². The van der Waals surface area contributed by atoms with Crippen molar-refractivity contribution in [1.29, 1.82) is 0 Å². The number of carbonyl (C=O) groups excluding carboxylic acids is 3. The molecule has 1 aromatic rings. The number of imide groups is 1. The van der Waals surface area contributed by atoms with Gasteiger partial charge in [0, 0.05) is 18.2 Å². The van der Waals surface area contributed by atoms with Crippen molar-refractivity contribution in [3.63, 3.8) is 0 Å². The highest BCUT2D eigenvalue weighted by atomic mass is 35.5. The first kappa shape index (κ1) is 20.8. The monoisotopic (exact) mass is 407 g/mol. The quantitative estimate of drug-likeness (QED) is 0.724. The Kier molecular flexibility index (Phi) is 6.37. The third-order valence-corrected chi connectivity index (χ3v) is 5.92. The van der Waals surface area contributed by atoms with E-state index in [1.807, 2.05) is 0 Å². The van der Waals surface area contributed by atoms with Gasteiger partial charge in [-0.05, 0) is 56.3 Å². The Morgan fingerprint density at radius 2 is 1.93 bits per heavy atom. The fourth-order valence-corrected chi connectivity index (χ4v) is 4.35. The lowest BCUT2D eigenvalue weighted by Gasteiger charge is -2.19. The lowest BCUT2D eigenvalue weighted by molar-refractivity contribution is 0.0475. The molecule has 1 saturated heterocycles. The number of nitrogens with zero attached hydrogens (tertiary/aromatic N) is 1. The highest BCUT2D eigenvalue weighted by molar-refractivity contribution is 6.22. The number of ether oxygens (including phenoxy) is 1. The molecule has 28 heavy (non-hydrogen) atoms. The van der Waals surface area contributed by atoms with Gasteiger partial charge in [0.05, 0.1) is 23.8 Å². The van der Waals surface area contributed by atoms with E-state index in [1.165, 1.54) is 11.0 Å². The molecular weight excluding hydrogens is 382 g/mol. The van der Waals surface area contributed by atoms with Gasteiger partial charge in [-0.3, -0.25) is 19.3 Å². The second-order valence-corrected chi connectivity index (χ2v) is 7.62. The molecule has 0 spiro atoms. The SMILES string of the molecule is Cl.NCC1CCCC1NC(=O)c1ccc2c(c1)C(=O)N(CC1CCCO1)C2=O. The number of carbonyl (C=O) groups is 3. The van der Waals surface area contributed by atoms with E-state index >= 15 is 0 Å². The van der Waals surface area contributed by atoms with Gasteiger partial charge < -0.3 is 15.8 Å². The van der Waals surface area contributed by atoms with Crippen LogP contribution >= 0.6 is 12.4 Å². The smallest absolute Gasteiger partial charge is 0.261 e. The summed E-state index contributed by atoms with van der Waals surface area (Å²) in [5, 5.41) is 3.03. The summed E-state index contributed by atoms with van der Waals surface area (Å²) in [6.07, 6.45) is 4.71. The fraction of sp³-hybridized carbons (Fsp3) is 0.550. The lowest BCUT2D eigenvalue weighted by Crippen LogP contribution is -2.39. The molecule has 0 aromatic heterocycles. The van der Waals surface area contributed by atoms with Gasteiger partial charge in [0.1, 0.15) is 0 Å². The van der Waals surface area contributed by atoms with E-state index in [4.69, 9.17) is 10.5 Å². The molecule has 2 heterocycles. The van der Waals surface area contributed by atoms with Crippen LogP contribution < -0.4 is 11.1 Å². The van der Waals surface area contributed by atoms with E-state index in [2.05, 4.69) is 5.32 Å². The van der Waals surface area contributed by atoms with Gasteiger partial charge >= 0.3 is 0 Å². The first-order valence-corrected chi connectivity index (χ1v) is 9.71. The van der Waals surface area contributed by atoms with Gasteiger partial charge in [0.25, 0.3) is 17.7 Å². The molecule has 3 N–H and O–H groups in total. The number of halogens is 1. The number of hydrogen-bond donors (Lipinski definition) is 2. The Labute approximate surface area is 170 Å². The summed E-state index contributed by atoms with van der Waals surface area (Å²) in [6.45, 7) is 1.50. The van der Waals surface area contributed by atoms with Crippen LogP contribution in [-0.2, 0) is 4.74 Å². The number of hydrogen-bond acceptors (Lipinski definition) is 5. The molecule has 3 aliphatic rings. The van der Waals surface area contributed by atoms with Crippen LogP contribution in [-0.4, -0.2) is 54.5 Å². The maximum Gasteiger partial charge on any atom is 0.261 e. The van der Waals surface area contributed by atoms with E-state index in [-0.39, 0.29) is 48.8 Å². The Balaban J connectivity index is 0.00000225. The predicted octanol–water partition coefficient (Wildman–Crippen LogP) is 1.74. The van der Waals surface area contributed by atoms with Crippen molar-refractivity contribution >= 4 is 30.1 Å². The normalized spacial score (nSPS) is 26.3. The summed E-state index contributed by atoms with van der Waals surface area (Å²) in [5.74, 6) is -0.577. The van der Waals surface area contributed by atoms with Crippen LogP contribution in [0.1, 0.15) is 63.2 Å². The second kappa shape index (κ2) is 8.59. The van der Waals surface area contributed by atoms with Crippen LogP contribution in [0, 0.1) is 5.92 Å². The Bertz CT molecular complexity index is 779. The molecule has 0 bridgehead atoms. The van der Waals surface area contributed by atoms with Crippen LogP contribution in [0.4, 0.5) is 0 Å². The highest BCUT2D eigenvalue weighted by Crippen LogP contribution is 2.27. The number of nitrogens with one attached hydrogen (secondary N) is 1. The minimum absolute atomic E-state index is 0. The standard InChI is InChI=1S/C20H25N3O4.ClH/c21-10-13-3-1-5-17(13)22-18(24)12-6-7-15-16(9-12)20(26)23(19(15)25)11-14-4-2-8-27-14;/h6-7,9,13-14,17H,1-5,8,10-11,21H2,(H,22,24);1H. The van der Waals surface area contributed by atoms with Gasteiger partial charge in [-0.15, -0.1) is 12.4 Å². The van der Waals surface area contributed by atoms with Crippen LogP contribution in [0.5, 0.6) is 0 Å². The zero-order chi connectivity index (χ0) is 19.0. The predicted molar refractivity (Wildman–Crippen MR) is 106 cm³/mol. The molecule has 1 aromatic carbocycles.